The molecule has 158 valence electrons. The van der Waals surface area contributed by atoms with E-state index in [2.05, 4.69) is 15.9 Å². The van der Waals surface area contributed by atoms with E-state index in [0.29, 0.717) is 28.8 Å². The Balaban J connectivity index is 2.15. The van der Waals surface area contributed by atoms with Gasteiger partial charge in [-0.15, -0.1) is 0 Å². The van der Waals surface area contributed by atoms with Gasteiger partial charge in [0.05, 0.1) is 23.2 Å². The molecule has 2 aromatic carbocycles. The summed E-state index contributed by atoms with van der Waals surface area (Å²) in [5.74, 6) is -0.854. The number of aliphatic hydroxyl groups excluding tert-OH is 1. The molecular weight excluding hydrogens is 448 g/mol. The fourth-order valence-electron chi connectivity index (χ4n) is 3.62. The average Bonchev–Trinajstić information content (AvgIpc) is 2.98. The van der Waals surface area contributed by atoms with Gasteiger partial charge in [-0.25, -0.2) is 0 Å². The van der Waals surface area contributed by atoms with Gasteiger partial charge in [0.15, 0.2) is 0 Å². The Hall–Kier alpha value is -2.80. The molecule has 2 aromatic rings. The van der Waals surface area contributed by atoms with Crippen molar-refractivity contribution in [3.8, 4) is 5.75 Å². The summed E-state index contributed by atoms with van der Waals surface area (Å²) in [6.45, 7) is 2.37. The number of nitrogens with zero attached hydrogens (tertiary/aromatic N) is 2. The molecule has 0 aromatic heterocycles. The van der Waals surface area contributed by atoms with Crippen molar-refractivity contribution in [2.24, 2.45) is 0 Å². The van der Waals surface area contributed by atoms with E-state index in [9.17, 15) is 14.7 Å². The fourth-order valence-corrected chi connectivity index (χ4v) is 4.16. The van der Waals surface area contributed by atoms with Crippen LogP contribution in [-0.4, -0.2) is 49.4 Å². The minimum atomic E-state index is -0.672. The Morgan fingerprint density at radius 3 is 2.37 bits per heavy atom. The SMILES string of the molecule is CCCN1C(=O)C(=O)/C(=C(\O)c2ccc(OC)c(Br)c2)C1c1ccc(N(C)C)cc1. The van der Waals surface area contributed by atoms with Gasteiger partial charge in [0.2, 0.25) is 0 Å². The van der Waals surface area contributed by atoms with E-state index >= 15 is 0 Å². The van der Waals surface area contributed by atoms with Crippen LogP contribution in [0.1, 0.15) is 30.5 Å². The second-order valence-electron chi connectivity index (χ2n) is 7.33. The number of methoxy groups -OCH3 is 1. The van der Waals surface area contributed by atoms with Crippen molar-refractivity contribution in [1.29, 1.82) is 0 Å². The molecule has 1 unspecified atom stereocenters. The maximum absolute atomic E-state index is 12.9. The van der Waals surface area contributed by atoms with E-state index in [1.807, 2.05) is 50.2 Å². The molecule has 0 saturated carbocycles. The van der Waals surface area contributed by atoms with Gasteiger partial charge in [0.25, 0.3) is 11.7 Å². The number of hydrogen-bond donors (Lipinski definition) is 1. The zero-order valence-corrected chi connectivity index (χ0v) is 19.1. The van der Waals surface area contributed by atoms with E-state index in [1.54, 1.807) is 25.3 Å². The van der Waals surface area contributed by atoms with E-state index in [0.717, 1.165) is 11.3 Å². The Labute approximate surface area is 184 Å². The van der Waals surface area contributed by atoms with Gasteiger partial charge in [0.1, 0.15) is 11.5 Å². The largest absolute Gasteiger partial charge is 0.507 e. The number of ether oxygens (including phenoxy) is 1. The topological polar surface area (TPSA) is 70.1 Å². The Bertz CT molecular complexity index is 999. The van der Waals surface area contributed by atoms with Crippen molar-refractivity contribution >= 4 is 39.1 Å². The molecule has 7 heteroatoms. The summed E-state index contributed by atoms with van der Waals surface area (Å²) in [7, 11) is 5.44. The number of aliphatic hydroxyl groups is 1. The monoisotopic (exact) mass is 472 g/mol. The third-order valence-electron chi connectivity index (χ3n) is 5.15. The number of hydrogen-bond acceptors (Lipinski definition) is 5. The number of halogens is 1. The van der Waals surface area contributed by atoms with Crippen LogP contribution in [0.15, 0.2) is 52.5 Å². The van der Waals surface area contributed by atoms with Crippen LogP contribution in [0.5, 0.6) is 5.75 Å². The van der Waals surface area contributed by atoms with Gasteiger partial charge in [-0.1, -0.05) is 19.1 Å². The molecule has 1 aliphatic rings. The predicted octanol–water partition coefficient (Wildman–Crippen LogP) is 4.36. The number of carbonyl (C=O) groups excluding carboxylic acids is 2. The molecule has 1 aliphatic heterocycles. The lowest BCUT2D eigenvalue weighted by Gasteiger charge is -2.25. The summed E-state index contributed by atoms with van der Waals surface area (Å²) < 4.78 is 5.88. The highest BCUT2D eigenvalue weighted by molar-refractivity contribution is 9.10. The van der Waals surface area contributed by atoms with Crippen molar-refractivity contribution < 1.29 is 19.4 Å². The summed E-state index contributed by atoms with van der Waals surface area (Å²) in [6, 6.07) is 12.1. The second-order valence-corrected chi connectivity index (χ2v) is 8.18. The fraction of sp³-hybridized carbons (Fsp3) is 0.304. The highest BCUT2D eigenvalue weighted by atomic mass is 79.9. The molecule has 6 nitrogen and oxygen atoms in total. The van der Waals surface area contributed by atoms with Crippen LogP contribution >= 0.6 is 15.9 Å². The first-order valence-electron chi connectivity index (χ1n) is 9.69. The lowest BCUT2D eigenvalue weighted by atomic mass is 9.95. The Kier molecular flexibility index (Phi) is 6.51. The van der Waals surface area contributed by atoms with E-state index < -0.39 is 17.7 Å². The van der Waals surface area contributed by atoms with Crippen molar-refractivity contribution in [1.82, 2.24) is 4.90 Å². The zero-order chi connectivity index (χ0) is 22.0. The number of Topliss-reactive ketones (excluding diaryl/α,β-unsaturated/α-hetero) is 1. The normalized spacial score (nSPS) is 18.0. The van der Waals surface area contributed by atoms with E-state index in [1.165, 1.54) is 4.90 Å². The molecule has 0 bridgehead atoms. The van der Waals surface area contributed by atoms with Crippen LogP contribution < -0.4 is 9.64 Å². The number of rotatable bonds is 6. The van der Waals surface area contributed by atoms with Crippen molar-refractivity contribution in [2.75, 3.05) is 32.6 Å². The van der Waals surface area contributed by atoms with Crippen molar-refractivity contribution in [2.45, 2.75) is 19.4 Å². The maximum atomic E-state index is 12.9. The average molecular weight is 473 g/mol. The Morgan fingerprint density at radius 2 is 1.83 bits per heavy atom. The lowest BCUT2D eigenvalue weighted by Crippen LogP contribution is -2.30. The third kappa shape index (κ3) is 3.94. The van der Waals surface area contributed by atoms with Crippen LogP contribution in [0.25, 0.3) is 5.76 Å². The molecule has 1 amide bonds. The molecule has 1 saturated heterocycles. The van der Waals surface area contributed by atoms with Gasteiger partial charge in [-0.3, -0.25) is 9.59 Å². The minimum absolute atomic E-state index is 0.100. The summed E-state index contributed by atoms with van der Waals surface area (Å²) in [4.78, 5) is 29.2. The van der Waals surface area contributed by atoms with Crippen LogP contribution in [0, 0.1) is 0 Å². The molecule has 3 rings (SSSR count). The van der Waals surface area contributed by atoms with Gasteiger partial charge in [-0.05, 0) is 58.2 Å². The number of amides is 1. The highest BCUT2D eigenvalue weighted by Crippen LogP contribution is 2.40. The lowest BCUT2D eigenvalue weighted by molar-refractivity contribution is -0.139. The standard InChI is InChI=1S/C23H25BrN2O4/c1-5-12-26-20(14-6-9-16(10-7-14)25(2)3)19(22(28)23(26)29)21(27)15-8-11-18(30-4)17(24)13-15/h6-11,13,20,27H,5,12H2,1-4H3/b21-19-. The van der Waals surface area contributed by atoms with Gasteiger partial charge in [-0.2, -0.15) is 0 Å². The van der Waals surface area contributed by atoms with Gasteiger partial charge in [0, 0.05) is 31.9 Å². The van der Waals surface area contributed by atoms with E-state index in [-0.39, 0.29) is 11.3 Å². The number of anilines is 1. The van der Waals surface area contributed by atoms with E-state index in [4.69, 9.17) is 4.74 Å². The van der Waals surface area contributed by atoms with Crippen LogP contribution in [0.3, 0.4) is 0 Å². The molecule has 1 atom stereocenters. The molecule has 30 heavy (non-hydrogen) atoms. The number of ketones is 1. The molecule has 0 aliphatic carbocycles. The number of carbonyl (C=O) groups is 2. The molecule has 1 heterocycles. The number of benzene rings is 2. The summed E-state index contributed by atoms with van der Waals surface area (Å²) in [5.41, 5.74) is 2.32. The third-order valence-corrected chi connectivity index (χ3v) is 5.77. The molecule has 0 radical (unpaired) electrons. The maximum Gasteiger partial charge on any atom is 0.295 e. The zero-order valence-electron chi connectivity index (χ0n) is 17.5. The molecule has 1 N–H and O–H groups in total. The van der Waals surface area contributed by atoms with Crippen molar-refractivity contribution in [3.63, 3.8) is 0 Å². The summed E-state index contributed by atoms with van der Waals surface area (Å²) >= 11 is 3.40. The predicted molar refractivity (Wildman–Crippen MR) is 121 cm³/mol. The molecular formula is C23H25BrN2O4. The van der Waals surface area contributed by atoms with Crippen LogP contribution in [0.4, 0.5) is 5.69 Å². The smallest absolute Gasteiger partial charge is 0.295 e. The van der Waals surface area contributed by atoms with Crippen molar-refractivity contribution in [3.05, 3.63) is 63.6 Å². The summed E-state index contributed by atoms with van der Waals surface area (Å²) in [5, 5.41) is 11.1. The first-order valence-corrected chi connectivity index (χ1v) is 10.5. The molecule has 1 fully saturated rings. The van der Waals surface area contributed by atoms with Crippen LogP contribution in [-0.2, 0) is 9.59 Å². The summed E-state index contributed by atoms with van der Waals surface area (Å²) in [6.07, 6.45) is 0.702. The number of likely N-dealkylation sites (tertiary alicyclic amines) is 1. The minimum Gasteiger partial charge on any atom is -0.507 e. The Morgan fingerprint density at radius 1 is 1.17 bits per heavy atom. The quantitative estimate of drug-likeness (QED) is 0.384. The highest BCUT2D eigenvalue weighted by Gasteiger charge is 2.45. The van der Waals surface area contributed by atoms with Gasteiger partial charge < -0.3 is 19.6 Å². The second kappa shape index (κ2) is 8.92. The first-order chi connectivity index (χ1) is 14.3. The van der Waals surface area contributed by atoms with Crippen LogP contribution in [0.2, 0.25) is 0 Å². The van der Waals surface area contributed by atoms with Gasteiger partial charge >= 0.3 is 0 Å². The molecule has 0 spiro atoms. The first kappa shape index (κ1) is 21.9.